The number of carbonyl (C=O) groups excluding carboxylic acids is 1. The van der Waals surface area contributed by atoms with Crippen molar-refractivity contribution in [1.82, 2.24) is 14.3 Å². The topological polar surface area (TPSA) is 104 Å². The molecule has 1 aliphatic heterocycles. The van der Waals surface area contributed by atoms with Gasteiger partial charge in [0, 0.05) is 25.7 Å². The zero-order valence-corrected chi connectivity index (χ0v) is 20.7. The number of hydrogen-bond donors (Lipinski definition) is 2. The van der Waals surface area contributed by atoms with Crippen LogP contribution in [-0.4, -0.2) is 48.7 Å². The normalized spacial score (nSPS) is 14.8. The Morgan fingerprint density at radius 1 is 1.20 bits per heavy atom. The fraction of sp³-hybridized carbons (Fsp3) is 0.240. The summed E-state index contributed by atoms with van der Waals surface area (Å²) in [6.45, 7) is 2.65. The summed E-state index contributed by atoms with van der Waals surface area (Å²) in [4.78, 5) is 43.7. The smallest absolute Gasteiger partial charge is 0.303 e. The van der Waals surface area contributed by atoms with Gasteiger partial charge in [0.1, 0.15) is 15.8 Å². The molecule has 35 heavy (non-hydrogen) atoms. The minimum Gasteiger partial charge on any atom is -0.481 e. The summed E-state index contributed by atoms with van der Waals surface area (Å²) in [6.07, 6.45) is 4.16. The minimum absolute atomic E-state index is 0.0547. The van der Waals surface area contributed by atoms with Crippen LogP contribution < -0.4 is 10.9 Å². The average molecular weight is 509 g/mol. The summed E-state index contributed by atoms with van der Waals surface area (Å²) < 4.78 is 1.81. The minimum atomic E-state index is -0.928. The lowest BCUT2D eigenvalue weighted by Crippen LogP contribution is -2.29. The maximum atomic E-state index is 13.4. The number of carboxylic acid groups (broad SMARTS) is 1. The Morgan fingerprint density at radius 3 is 2.71 bits per heavy atom. The number of thiocarbonyl (C=S) groups is 1. The number of thioether (sulfide) groups is 1. The second-order valence-electron chi connectivity index (χ2n) is 8.06. The molecule has 0 bridgehead atoms. The van der Waals surface area contributed by atoms with Crippen molar-refractivity contribution in [2.45, 2.75) is 26.2 Å². The number of rotatable bonds is 9. The lowest BCUT2D eigenvalue weighted by atomic mass is 10.1. The van der Waals surface area contributed by atoms with Crippen molar-refractivity contribution in [2.75, 3.05) is 18.4 Å². The first-order chi connectivity index (χ1) is 16.8. The Bertz CT molecular complexity index is 1390. The van der Waals surface area contributed by atoms with Crippen LogP contribution in [0.25, 0.3) is 11.7 Å². The van der Waals surface area contributed by atoms with Crippen LogP contribution in [0.4, 0.5) is 5.82 Å². The molecule has 8 nitrogen and oxygen atoms in total. The maximum Gasteiger partial charge on any atom is 0.303 e. The number of aryl methyl sites for hydroxylation is 1. The third-order valence-corrected chi connectivity index (χ3v) is 6.93. The van der Waals surface area contributed by atoms with Gasteiger partial charge < -0.3 is 10.4 Å². The first-order valence-electron chi connectivity index (χ1n) is 11.1. The number of carbonyl (C=O) groups is 2. The molecule has 2 N–H and O–H groups in total. The summed E-state index contributed by atoms with van der Waals surface area (Å²) in [6, 6.07) is 13.6. The van der Waals surface area contributed by atoms with Crippen molar-refractivity contribution in [3.8, 4) is 0 Å². The number of aromatic nitrogens is 2. The van der Waals surface area contributed by atoms with Crippen molar-refractivity contribution in [2.24, 2.45) is 0 Å². The molecule has 1 aliphatic rings. The highest BCUT2D eigenvalue weighted by Crippen LogP contribution is 2.33. The number of anilines is 1. The average Bonchev–Trinajstić information content (AvgIpc) is 3.10. The Hall–Kier alpha value is -3.50. The van der Waals surface area contributed by atoms with E-state index in [0.29, 0.717) is 33.7 Å². The third-order valence-electron chi connectivity index (χ3n) is 5.55. The lowest BCUT2D eigenvalue weighted by molar-refractivity contribution is -0.137. The van der Waals surface area contributed by atoms with Gasteiger partial charge in [-0.3, -0.25) is 23.7 Å². The van der Waals surface area contributed by atoms with E-state index in [0.717, 1.165) is 29.3 Å². The number of amides is 1. The van der Waals surface area contributed by atoms with Crippen LogP contribution in [0.5, 0.6) is 0 Å². The summed E-state index contributed by atoms with van der Waals surface area (Å²) >= 11 is 6.44. The van der Waals surface area contributed by atoms with Crippen LogP contribution >= 0.6 is 24.0 Å². The van der Waals surface area contributed by atoms with E-state index in [1.54, 1.807) is 12.3 Å². The fourth-order valence-electron chi connectivity index (χ4n) is 3.76. The fourth-order valence-corrected chi connectivity index (χ4v) is 5.05. The van der Waals surface area contributed by atoms with E-state index in [-0.39, 0.29) is 30.0 Å². The predicted octanol–water partition coefficient (Wildman–Crippen LogP) is 3.72. The van der Waals surface area contributed by atoms with Gasteiger partial charge in [-0.15, -0.1) is 0 Å². The van der Waals surface area contributed by atoms with Gasteiger partial charge in [-0.2, -0.15) is 0 Å². The molecule has 0 unspecified atom stereocenters. The zero-order chi connectivity index (χ0) is 24.9. The maximum absolute atomic E-state index is 13.4. The largest absolute Gasteiger partial charge is 0.481 e. The Kier molecular flexibility index (Phi) is 7.62. The lowest BCUT2D eigenvalue weighted by Gasteiger charge is -2.13. The van der Waals surface area contributed by atoms with E-state index in [2.05, 4.69) is 5.32 Å². The number of benzene rings is 1. The number of carboxylic acids is 1. The van der Waals surface area contributed by atoms with Crippen molar-refractivity contribution in [1.29, 1.82) is 0 Å². The molecule has 0 atom stereocenters. The Balaban J connectivity index is 1.66. The Labute approximate surface area is 211 Å². The summed E-state index contributed by atoms with van der Waals surface area (Å²) in [5.74, 6) is -0.867. The molecule has 10 heteroatoms. The van der Waals surface area contributed by atoms with E-state index in [4.69, 9.17) is 22.3 Å². The van der Waals surface area contributed by atoms with Gasteiger partial charge in [-0.25, -0.2) is 4.98 Å². The summed E-state index contributed by atoms with van der Waals surface area (Å²) in [7, 11) is 0. The van der Waals surface area contributed by atoms with E-state index in [9.17, 15) is 14.4 Å². The molecular formula is C25H24N4O4S2. The van der Waals surface area contributed by atoms with Gasteiger partial charge in [-0.1, -0.05) is 60.4 Å². The van der Waals surface area contributed by atoms with Crippen LogP contribution in [0.1, 0.15) is 29.5 Å². The monoisotopic (exact) mass is 508 g/mol. The number of hydrogen-bond acceptors (Lipinski definition) is 7. The van der Waals surface area contributed by atoms with Gasteiger partial charge in [0.2, 0.25) is 0 Å². The highest BCUT2D eigenvalue weighted by molar-refractivity contribution is 8.26. The number of nitrogens with zero attached hydrogens (tertiary/aromatic N) is 3. The molecule has 0 aliphatic carbocycles. The van der Waals surface area contributed by atoms with E-state index >= 15 is 0 Å². The van der Waals surface area contributed by atoms with Gasteiger partial charge in [0.05, 0.1) is 10.5 Å². The van der Waals surface area contributed by atoms with Gasteiger partial charge in [0.15, 0.2) is 0 Å². The second-order valence-corrected chi connectivity index (χ2v) is 9.73. The summed E-state index contributed by atoms with van der Waals surface area (Å²) in [5.41, 5.74) is 2.52. The summed E-state index contributed by atoms with van der Waals surface area (Å²) in [5, 5.41) is 12.2. The molecule has 180 valence electrons. The number of pyridine rings is 1. The highest BCUT2D eigenvalue weighted by Gasteiger charge is 2.32. The molecule has 3 heterocycles. The molecule has 1 aromatic carbocycles. The molecule has 0 spiro atoms. The molecule has 2 aromatic heterocycles. The van der Waals surface area contributed by atoms with Crippen molar-refractivity contribution >= 4 is 57.7 Å². The SMILES string of the molecule is Cc1cccn2c(=O)c(C=C3SC(=S)N(CCCC(=O)O)C3=O)c(NCCc3ccccc3)nc12. The standard InChI is InChI=1S/C25H24N4O4S2/c1-16-7-5-13-28-22(16)27-21(26-12-11-17-8-3-2-4-9-17)18(23(28)32)15-19-24(33)29(25(34)35-19)14-6-10-20(30)31/h2-5,7-9,13,15,26H,6,10-12,14H2,1H3,(H,30,31). The van der Waals surface area contributed by atoms with E-state index < -0.39 is 5.97 Å². The third kappa shape index (κ3) is 5.60. The van der Waals surface area contributed by atoms with Crippen molar-refractivity contribution in [3.05, 3.63) is 80.6 Å². The van der Waals surface area contributed by atoms with Gasteiger partial charge in [0.25, 0.3) is 11.5 Å². The van der Waals surface area contributed by atoms with Crippen LogP contribution in [0.2, 0.25) is 0 Å². The van der Waals surface area contributed by atoms with Crippen molar-refractivity contribution in [3.63, 3.8) is 0 Å². The molecule has 0 radical (unpaired) electrons. The van der Waals surface area contributed by atoms with Crippen LogP contribution in [0, 0.1) is 6.92 Å². The van der Waals surface area contributed by atoms with Crippen LogP contribution in [-0.2, 0) is 16.0 Å². The molecular weight excluding hydrogens is 484 g/mol. The quantitative estimate of drug-likeness (QED) is 0.333. The van der Waals surface area contributed by atoms with E-state index in [1.165, 1.54) is 15.4 Å². The molecule has 1 saturated heterocycles. The van der Waals surface area contributed by atoms with Crippen molar-refractivity contribution < 1.29 is 14.7 Å². The second kappa shape index (κ2) is 10.8. The van der Waals surface area contributed by atoms with E-state index in [1.807, 2.05) is 43.3 Å². The number of aliphatic carboxylic acids is 1. The number of fused-ring (bicyclic) bond motifs is 1. The molecule has 1 amide bonds. The Morgan fingerprint density at radius 2 is 1.97 bits per heavy atom. The van der Waals surface area contributed by atoms with Crippen LogP contribution in [0.15, 0.2) is 58.4 Å². The van der Waals surface area contributed by atoms with Gasteiger partial charge in [-0.05, 0) is 43.0 Å². The molecule has 3 aromatic rings. The predicted molar refractivity (Wildman–Crippen MR) is 142 cm³/mol. The first-order valence-corrected chi connectivity index (χ1v) is 12.3. The molecule has 0 saturated carbocycles. The highest BCUT2D eigenvalue weighted by atomic mass is 32.2. The molecule has 4 rings (SSSR count). The first kappa shape index (κ1) is 24.6. The van der Waals surface area contributed by atoms with Gasteiger partial charge >= 0.3 is 5.97 Å². The van der Waals surface area contributed by atoms with Crippen LogP contribution in [0.3, 0.4) is 0 Å². The zero-order valence-electron chi connectivity index (χ0n) is 19.1. The number of nitrogens with one attached hydrogen (secondary N) is 1. The molecule has 1 fully saturated rings.